The van der Waals surface area contributed by atoms with E-state index in [9.17, 15) is 8.78 Å². The fourth-order valence-electron chi connectivity index (χ4n) is 2.12. The van der Waals surface area contributed by atoms with Gasteiger partial charge in [-0.25, -0.2) is 8.78 Å². The number of hydrogen-bond acceptors (Lipinski definition) is 2. The van der Waals surface area contributed by atoms with E-state index in [1.54, 1.807) is 6.20 Å². The van der Waals surface area contributed by atoms with Gasteiger partial charge in [0.05, 0.1) is 11.7 Å². The lowest BCUT2D eigenvalue weighted by atomic mass is 10.0. The standard InChI is InChI=1S/C16H18F2N2/c1-3-7-20-16(15-9-11(2)6-8-19-15)13-5-4-12(17)10-14(13)18/h4-6,8-10,16,20H,3,7H2,1-2H3. The number of hydrogen-bond donors (Lipinski definition) is 1. The van der Waals surface area contributed by atoms with E-state index in [2.05, 4.69) is 10.3 Å². The largest absolute Gasteiger partial charge is 0.305 e. The molecule has 2 nitrogen and oxygen atoms in total. The smallest absolute Gasteiger partial charge is 0.131 e. The SMILES string of the molecule is CCCNC(c1cc(C)ccn1)c1ccc(F)cc1F. The molecule has 0 spiro atoms. The minimum atomic E-state index is -0.572. The molecule has 0 saturated carbocycles. The molecule has 0 saturated heterocycles. The maximum Gasteiger partial charge on any atom is 0.131 e. The normalized spacial score (nSPS) is 12.4. The highest BCUT2D eigenvalue weighted by molar-refractivity contribution is 5.31. The van der Waals surface area contributed by atoms with Gasteiger partial charge in [-0.3, -0.25) is 4.98 Å². The lowest BCUT2D eigenvalue weighted by molar-refractivity contribution is 0.527. The number of halogens is 2. The van der Waals surface area contributed by atoms with Crippen molar-refractivity contribution < 1.29 is 8.78 Å². The molecular weight excluding hydrogens is 258 g/mol. The summed E-state index contributed by atoms with van der Waals surface area (Å²) in [5.41, 5.74) is 2.21. The first-order valence-corrected chi connectivity index (χ1v) is 6.72. The molecule has 0 aliphatic rings. The first-order chi connectivity index (χ1) is 9.61. The molecule has 0 aliphatic heterocycles. The highest BCUT2D eigenvalue weighted by Gasteiger charge is 2.19. The summed E-state index contributed by atoms with van der Waals surface area (Å²) < 4.78 is 27.1. The van der Waals surface area contributed by atoms with Crippen molar-refractivity contribution in [1.29, 1.82) is 0 Å². The van der Waals surface area contributed by atoms with Gasteiger partial charge in [0.1, 0.15) is 11.6 Å². The minimum absolute atomic E-state index is 0.365. The second-order valence-electron chi connectivity index (χ2n) is 4.81. The van der Waals surface area contributed by atoms with Crippen LogP contribution in [0.15, 0.2) is 36.5 Å². The molecule has 1 N–H and O–H groups in total. The Morgan fingerprint density at radius 3 is 2.65 bits per heavy atom. The molecule has 0 radical (unpaired) electrons. The van der Waals surface area contributed by atoms with Crippen LogP contribution in [0.5, 0.6) is 0 Å². The van der Waals surface area contributed by atoms with Crippen molar-refractivity contribution in [2.75, 3.05) is 6.54 Å². The topological polar surface area (TPSA) is 24.9 Å². The van der Waals surface area contributed by atoms with Crippen LogP contribution < -0.4 is 5.32 Å². The molecule has 0 aliphatic carbocycles. The third-order valence-electron chi connectivity index (χ3n) is 3.10. The Morgan fingerprint density at radius 2 is 2.00 bits per heavy atom. The fourth-order valence-corrected chi connectivity index (χ4v) is 2.12. The zero-order valence-corrected chi connectivity index (χ0v) is 11.7. The van der Waals surface area contributed by atoms with Crippen molar-refractivity contribution in [3.05, 3.63) is 65.0 Å². The van der Waals surface area contributed by atoms with Crippen LogP contribution in [0, 0.1) is 18.6 Å². The highest BCUT2D eigenvalue weighted by atomic mass is 19.1. The van der Waals surface area contributed by atoms with Crippen LogP contribution in [0.2, 0.25) is 0 Å². The first kappa shape index (κ1) is 14.6. The third-order valence-corrected chi connectivity index (χ3v) is 3.10. The van der Waals surface area contributed by atoms with Gasteiger partial charge in [-0.15, -0.1) is 0 Å². The van der Waals surface area contributed by atoms with Crippen LogP contribution in [0.4, 0.5) is 8.78 Å². The number of nitrogens with one attached hydrogen (secondary N) is 1. The number of nitrogens with zero attached hydrogens (tertiary/aromatic N) is 1. The number of benzene rings is 1. The molecule has 106 valence electrons. The highest BCUT2D eigenvalue weighted by Crippen LogP contribution is 2.24. The van der Waals surface area contributed by atoms with Crippen LogP contribution in [-0.2, 0) is 0 Å². The molecule has 2 aromatic rings. The lowest BCUT2D eigenvalue weighted by Gasteiger charge is -2.19. The molecular formula is C16H18F2N2. The van der Waals surface area contributed by atoms with E-state index in [0.717, 1.165) is 30.3 Å². The molecule has 1 aromatic heterocycles. The van der Waals surface area contributed by atoms with Gasteiger partial charge in [-0.05, 0) is 43.7 Å². The average Bonchev–Trinajstić information content (AvgIpc) is 2.41. The van der Waals surface area contributed by atoms with Crippen molar-refractivity contribution >= 4 is 0 Å². The maximum absolute atomic E-state index is 14.0. The van der Waals surface area contributed by atoms with Crippen molar-refractivity contribution in [3.8, 4) is 0 Å². The van der Waals surface area contributed by atoms with Gasteiger partial charge in [-0.1, -0.05) is 13.0 Å². The molecule has 0 amide bonds. The molecule has 0 fully saturated rings. The summed E-state index contributed by atoms with van der Waals surface area (Å²) >= 11 is 0. The Morgan fingerprint density at radius 1 is 1.20 bits per heavy atom. The van der Waals surface area contributed by atoms with Gasteiger partial charge in [0, 0.05) is 17.8 Å². The zero-order valence-electron chi connectivity index (χ0n) is 11.7. The van der Waals surface area contributed by atoms with Crippen LogP contribution in [0.25, 0.3) is 0 Å². The van der Waals surface area contributed by atoms with Crippen LogP contribution in [0.1, 0.15) is 36.2 Å². The number of aryl methyl sites for hydroxylation is 1. The zero-order chi connectivity index (χ0) is 14.5. The van der Waals surface area contributed by atoms with E-state index in [-0.39, 0.29) is 6.04 Å². The minimum Gasteiger partial charge on any atom is -0.305 e. The molecule has 4 heteroatoms. The van der Waals surface area contributed by atoms with Gasteiger partial charge in [0.2, 0.25) is 0 Å². The van der Waals surface area contributed by atoms with E-state index < -0.39 is 11.6 Å². The van der Waals surface area contributed by atoms with Crippen molar-refractivity contribution in [1.82, 2.24) is 10.3 Å². The predicted molar refractivity (Wildman–Crippen MR) is 75.5 cm³/mol. The van der Waals surface area contributed by atoms with Gasteiger partial charge >= 0.3 is 0 Å². The molecule has 1 aromatic carbocycles. The molecule has 2 rings (SSSR count). The number of rotatable bonds is 5. The fraction of sp³-hybridized carbons (Fsp3) is 0.312. The van der Waals surface area contributed by atoms with Gasteiger partial charge in [0.25, 0.3) is 0 Å². The van der Waals surface area contributed by atoms with Crippen LogP contribution in [-0.4, -0.2) is 11.5 Å². The van der Waals surface area contributed by atoms with E-state index >= 15 is 0 Å². The van der Waals surface area contributed by atoms with Crippen molar-refractivity contribution in [2.45, 2.75) is 26.3 Å². The molecule has 1 heterocycles. The monoisotopic (exact) mass is 276 g/mol. The molecule has 1 unspecified atom stereocenters. The van der Waals surface area contributed by atoms with Gasteiger partial charge in [-0.2, -0.15) is 0 Å². The molecule has 0 bridgehead atoms. The van der Waals surface area contributed by atoms with Crippen LogP contribution >= 0.6 is 0 Å². The Hall–Kier alpha value is -1.81. The Balaban J connectivity index is 2.41. The number of aromatic nitrogens is 1. The van der Waals surface area contributed by atoms with Crippen molar-refractivity contribution in [3.63, 3.8) is 0 Å². The number of pyridine rings is 1. The Bertz CT molecular complexity index is 584. The van der Waals surface area contributed by atoms with Gasteiger partial charge in [0.15, 0.2) is 0 Å². The molecule has 1 atom stereocenters. The average molecular weight is 276 g/mol. The Labute approximate surface area is 117 Å². The Kier molecular flexibility index (Phi) is 4.79. The summed E-state index contributed by atoms with van der Waals surface area (Å²) in [5, 5.41) is 3.26. The maximum atomic E-state index is 14.0. The van der Waals surface area contributed by atoms with E-state index in [1.807, 2.05) is 26.0 Å². The van der Waals surface area contributed by atoms with E-state index in [4.69, 9.17) is 0 Å². The lowest BCUT2D eigenvalue weighted by Crippen LogP contribution is -2.25. The van der Waals surface area contributed by atoms with E-state index in [1.165, 1.54) is 12.1 Å². The third kappa shape index (κ3) is 3.39. The van der Waals surface area contributed by atoms with E-state index in [0.29, 0.717) is 5.56 Å². The summed E-state index contributed by atoms with van der Waals surface area (Å²) in [6.45, 7) is 4.73. The van der Waals surface area contributed by atoms with Crippen LogP contribution in [0.3, 0.4) is 0 Å². The van der Waals surface area contributed by atoms with Crippen molar-refractivity contribution in [2.24, 2.45) is 0 Å². The van der Waals surface area contributed by atoms with Gasteiger partial charge < -0.3 is 5.32 Å². The summed E-state index contributed by atoms with van der Waals surface area (Å²) in [7, 11) is 0. The first-order valence-electron chi connectivity index (χ1n) is 6.72. The predicted octanol–water partition coefficient (Wildman–Crippen LogP) is 3.76. The summed E-state index contributed by atoms with van der Waals surface area (Å²) in [4.78, 5) is 4.31. The quantitative estimate of drug-likeness (QED) is 0.899. The second-order valence-corrected chi connectivity index (χ2v) is 4.81. The molecule has 20 heavy (non-hydrogen) atoms. The summed E-state index contributed by atoms with van der Waals surface area (Å²) in [5.74, 6) is -1.13. The second kappa shape index (κ2) is 6.57. The summed E-state index contributed by atoms with van der Waals surface area (Å²) in [6.07, 6.45) is 2.62. The summed E-state index contributed by atoms with van der Waals surface area (Å²) in [6, 6.07) is 7.09.